The molecule has 4 aromatic carbocycles. The molecule has 0 amide bonds. The smallest absolute Gasteiger partial charge is 0.378 e. The molecule has 6 aromatic rings. The lowest BCUT2D eigenvalue weighted by Crippen LogP contribution is -2.36. The average Bonchev–Trinajstić information content (AvgIpc) is 3.23. The van der Waals surface area contributed by atoms with Crippen LogP contribution in [0.2, 0.25) is 5.02 Å². The maximum Gasteiger partial charge on any atom is 0.421 e. The van der Waals surface area contributed by atoms with Gasteiger partial charge in [-0.25, -0.2) is 9.97 Å². The molecule has 0 radical (unpaired) electrons. The normalized spacial score (nSPS) is 15.2. The van der Waals surface area contributed by atoms with Crippen molar-refractivity contribution in [2.75, 3.05) is 78.1 Å². The van der Waals surface area contributed by atoms with Crippen molar-refractivity contribution >= 4 is 88.5 Å². The van der Waals surface area contributed by atoms with E-state index >= 15 is 0 Å². The second-order valence-electron chi connectivity index (χ2n) is 14.8. The van der Waals surface area contributed by atoms with E-state index in [0.29, 0.717) is 52.6 Å². The molecule has 1 aliphatic heterocycles. The molecule has 0 spiro atoms. The molecule has 2 atom stereocenters. The molecular formula is C42H40ClF6N9O3P2. The second-order valence-corrected chi connectivity index (χ2v) is 21.6. The number of hydrogen-bond donors (Lipinski definition) is 4. The predicted molar refractivity (Wildman–Crippen MR) is 237 cm³/mol. The molecule has 330 valence electrons. The van der Waals surface area contributed by atoms with Crippen molar-refractivity contribution in [2.45, 2.75) is 12.4 Å². The number of anilines is 9. The summed E-state index contributed by atoms with van der Waals surface area (Å²) in [7, 11) is -6.19. The molecule has 1 saturated heterocycles. The van der Waals surface area contributed by atoms with Crippen LogP contribution in [0.1, 0.15) is 11.1 Å². The summed E-state index contributed by atoms with van der Waals surface area (Å²) in [6.07, 6.45) is -7.99. The van der Waals surface area contributed by atoms with Gasteiger partial charge >= 0.3 is 12.4 Å². The van der Waals surface area contributed by atoms with Crippen LogP contribution in [0.3, 0.4) is 0 Å². The van der Waals surface area contributed by atoms with Gasteiger partial charge in [-0.15, -0.1) is 0 Å². The summed E-state index contributed by atoms with van der Waals surface area (Å²) in [5.74, 6) is -1.15. The van der Waals surface area contributed by atoms with Crippen LogP contribution >= 0.6 is 25.9 Å². The Morgan fingerprint density at radius 2 is 1.05 bits per heavy atom. The third-order valence-corrected chi connectivity index (χ3v) is 15.6. The summed E-state index contributed by atoms with van der Waals surface area (Å²) >= 11 is 6.00. The molecule has 2 aromatic heterocycles. The summed E-state index contributed by atoms with van der Waals surface area (Å²) in [5, 5.41) is 12.4. The Labute approximate surface area is 363 Å². The Hall–Kier alpha value is -5.67. The summed E-state index contributed by atoms with van der Waals surface area (Å²) in [6, 6.07) is 26.0. The zero-order valence-electron chi connectivity index (χ0n) is 33.6. The largest absolute Gasteiger partial charge is 0.421 e. The highest BCUT2D eigenvalue weighted by molar-refractivity contribution is 7.74. The Morgan fingerprint density at radius 3 is 1.49 bits per heavy atom. The summed E-state index contributed by atoms with van der Waals surface area (Å²) in [6.45, 7) is 5.88. The number of hydrogen-bond acceptors (Lipinski definition) is 12. The number of aromatic nitrogens is 4. The monoisotopic (exact) mass is 929 g/mol. The van der Waals surface area contributed by atoms with Crippen LogP contribution < -0.4 is 36.8 Å². The van der Waals surface area contributed by atoms with Crippen molar-refractivity contribution in [3.05, 3.63) is 126 Å². The van der Waals surface area contributed by atoms with Gasteiger partial charge in [-0.2, -0.15) is 36.3 Å². The Balaban J connectivity index is 0.982. The van der Waals surface area contributed by atoms with Crippen LogP contribution in [0.15, 0.2) is 109 Å². The minimum atomic E-state index is -4.76. The highest BCUT2D eigenvalue weighted by Gasteiger charge is 2.37. The first-order valence-electron chi connectivity index (χ1n) is 19.3. The lowest BCUT2D eigenvalue weighted by Gasteiger charge is -2.28. The van der Waals surface area contributed by atoms with E-state index in [0.717, 1.165) is 18.8 Å². The van der Waals surface area contributed by atoms with Gasteiger partial charge in [-0.05, 0) is 104 Å². The van der Waals surface area contributed by atoms with Crippen LogP contribution in [-0.4, -0.2) is 71.9 Å². The third-order valence-electron chi connectivity index (χ3n) is 10.1. The number of alkyl halides is 6. The topological polar surface area (TPSA) is 146 Å². The van der Waals surface area contributed by atoms with Gasteiger partial charge in [0.05, 0.1) is 13.2 Å². The number of halogens is 7. The standard InChI is InChI=1S/C42H40ClF6N9O3P2/c1-62(59,22-23-63(2,60)34-16-10-30(11-17-34)55-40-51-26-36(42(47,48)49)38(57-40)53-31-5-3-4-27(43)24-31)33-14-8-28(9-15-33)52-37-35(41(44,45)46)25-50-39(56-37)54-29-6-12-32(13-7-29)58-18-20-61-21-19-58/h3-17,24-26H,18-23H2,1-2H3,(H2,50,52,54,56)(H2,51,53,55,57). The van der Waals surface area contributed by atoms with E-state index in [-0.39, 0.29) is 35.6 Å². The summed E-state index contributed by atoms with van der Waals surface area (Å²) in [4.78, 5) is 18.1. The van der Waals surface area contributed by atoms with Gasteiger partial charge in [0, 0.05) is 81.9 Å². The highest BCUT2D eigenvalue weighted by Crippen LogP contribution is 2.48. The van der Waals surface area contributed by atoms with Crippen molar-refractivity contribution < 1.29 is 40.2 Å². The molecule has 0 saturated carbocycles. The molecule has 2 unspecified atom stereocenters. The van der Waals surface area contributed by atoms with E-state index in [1.807, 2.05) is 12.1 Å². The molecule has 1 aliphatic rings. The number of benzene rings is 4. The molecule has 21 heteroatoms. The van der Waals surface area contributed by atoms with E-state index < -0.39 is 49.4 Å². The van der Waals surface area contributed by atoms with Crippen molar-refractivity contribution in [3.8, 4) is 0 Å². The van der Waals surface area contributed by atoms with Gasteiger partial charge in [-0.3, -0.25) is 0 Å². The number of nitrogens with one attached hydrogen (secondary N) is 4. The molecule has 3 heterocycles. The molecule has 0 bridgehead atoms. The van der Waals surface area contributed by atoms with Crippen molar-refractivity contribution in [1.82, 2.24) is 19.9 Å². The predicted octanol–water partition coefficient (Wildman–Crippen LogP) is 10.7. The zero-order valence-corrected chi connectivity index (χ0v) is 36.2. The molecule has 1 fully saturated rings. The summed E-state index contributed by atoms with van der Waals surface area (Å²) in [5.41, 5.74) is 0.369. The number of rotatable bonds is 14. The minimum Gasteiger partial charge on any atom is -0.378 e. The molecule has 7 rings (SSSR count). The molecule has 12 nitrogen and oxygen atoms in total. The second kappa shape index (κ2) is 18.6. The van der Waals surface area contributed by atoms with Crippen LogP contribution in [0.25, 0.3) is 0 Å². The van der Waals surface area contributed by atoms with Crippen molar-refractivity contribution in [2.24, 2.45) is 0 Å². The first-order valence-corrected chi connectivity index (χ1v) is 24.4. The Bertz CT molecular complexity index is 2650. The Kier molecular flexibility index (Phi) is 13.4. The zero-order chi connectivity index (χ0) is 45.0. The van der Waals surface area contributed by atoms with Crippen molar-refractivity contribution in [1.29, 1.82) is 0 Å². The fourth-order valence-electron chi connectivity index (χ4n) is 6.52. The van der Waals surface area contributed by atoms with Gasteiger partial charge in [-0.1, -0.05) is 17.7 Å². The lowest BCUT2D eigenvalue weighted by molar-refractivity contribution is -0.138. The van der Waals surface area contributed by atoms with E-state index in [1.54, 1.807) is 74.0 Å². The molecule has 4 N–H and O–H groups in total. The first-order chi connectivity index (χ1) is 29.8. The van der Waals surface area contributed by atoms with E-state index in [2.05, 4.69) is 46.1 Å². The SMILES string of the molecule is CP(=O)(CCP(C)(=O)c1ccc(Nc2nc(Nc3ccc(N4CCOCC4)cc3)ncc2C(F)(F)F)cc1)c1ccc(Nc2ncc(C(F)(F)F)c(Nc3cccc(Cl)c3)n2)cc1. The van der Waals surface area contributed by atoms with Crippen LogP contribution in [-0.2, 0) is 26.2 Å². The quantitative estimate of drug-likeness (QED) is 0.0609. The minimum absolute atomic E-state index is 0.0561. The van der Waals surface area contributed by atoms with Crippen LogP contribution in [0, 0.1) is 0 Å². The highest BCUT2D eigenvalue weighted by atomic mass is 35.5. The van der Waals surface area contributed by atoms with Gasteiger partial charge in [0.15, 0.2) is 0 Å². The molecule has 0 aliphatic carbocycles. The molecule has 63 heavy (non-hydrogen) atoms. The fourth-order valence-corrected chi connectivity index (χ4v) is 11.8. The van der Waals surface area contributed by atoms with Gasteiger partial charge < -0.3 is 40.0 Å². The van der Waals surface area contributed by atoms with Gasteiger partial charge in [0.25, 0.3) is 0 Å². The number of morpholine rings is 1. The van der Waals surface area contributed by atoms with Crippen LogP contribution in [0.5, 0.6) is 0 Å². The van der Waals surface area contributed by atoms with Gasteiger partial charge in [0.1, 0.15) is 37.0 Å². The average molecular weight is 930 g/mol. The third kappa shape index (κ3) is 11.7. The first kappa shape index (κ1) is 45.4. The summed E-state index contributed by atoms with van der Waals surface area (Å²) < 4.78 is 117. The molecular weight excluding hydrogens is 890 g/mol. The van der Waals surface area contributed by atoms with Gasteiger partial charge in [0.2, 0.25) is 11.9 Å². The maximum atomic E-state index is 14.0. The fraction of sp³-hybridized carbons (Fsp3) is 0.238. The number of nitrogens with zero attached hydrogens (tertiary/aromatic N) is 5. The van der Waals surface area contributed by atoms with E-state index in [4.69, 9.17) is 16.3 Å². The maximum absolute atomic E-state index is 14.0. The Morgan fingerprint density at radius 1 is 0.619 bits per heavy atom. The van der Waals surface area contributed by atoms with E-state index in [9.17, 15) is 35.5 Å². The van der Waals surface area contributed by atoms with Crippen molar-refractivity contribution in [3.63, 3.8) is 0 Å². The number of ether oxygens (including phenoxy) is 1. The lowest BCUT2D eigenvalue weighted by atomic mass is 10.2. The van der Waals surface area contributed by atoms with E-state index in [1.165, 1.54) is 24.3 Å². The van der Waals surface area contributed by atoms with Crippen LogP contribution in [0.4, 0.5) is 78.3 Å².